The number of ether oxygens (including phenoxy) is 2. The first-order valence-corrected chi connectivity index (χ1v) is 9.65. The van der Waals surface area contributed by atoms with Gasteiger partial charge in [0.05, 0.1) is 6.61 Å². The molecule has 1 heterocycles. The van der Waals surface area contributed by atoms with Gasteiger partial charge in [-0.15, -0.1) is 10.2 Å². The number of halogens is 2. The molecule has 3 aromatic rings. The highest BCUT2D eigenvalue weighted by molar-refractivity contribution is 9.10. The first-order valence-electron chi connectivity index (χ1n) is 7.87. The Morgan fingerprint density at radius 2 is 1.92 bits per heavy atom. The van der Waals surface area contributed by atoms with E-state index in [9.17, 15) is 4.39 Å². The van der Waals surface area contributed by atoms with Gasteiger partial charge in [-0.25, -0.2) is 4.39 Å². The molecule has 8 heteroatoms. The molecule has 1 atom stereocenters. The fourth-order valence-corrected chi connectivity index (χ4v) is 2.89. The number of benzene rings is 2. The summed E-state index contributed by atoms with van der Waals surface area (Å²) >= 11 is 4.76. The Balaban J connectivity index is 1.46. The molecule has 3 rings (SSSR count). The number of hydrogen-bond donors (Lipinski definition) is 0. The zero-order valence-corrected chi connectivity index (χ0v) is 16.3. The average molecular weight is 439 g/mol. The molecule has 26 heavy (non-hydrogen) atoms. The normalized spacial score (nSPS) is 12.0. The van der Waals surface area contributed by atoms with Crippen molar-refractivity contribution in [2.24, 2.45) is 0 Å². The Hall–Kier alpha value is -2.06. The number of aromatic nitrogens is 2. The number of nitrogens with zero attached hydrogens (tertiary/aromatic N) is 2. The third kappa shape index (κ3) is 5.22. The quantitative estimate of drug-likeness (QED) is 0.352. The summed E-state index contributed by atoms with van der Waals surface area (Å²) in [5, 5.41) is 8.35. The first kappa shape index (κ1) is 18.7. The van der Waals surface area contributed by atoms with E-state index in [4.69, 9.17) is 13.9 Å². The minimum absolute atomic E-state index is 0.148. The second kappa shape index (κ2) is 9.05. The molecule has 0 fully saturated rings. The molecule has 0 amide bonds. The summed E-state index contributed by atoms with van der Waals surface area (Å²) in [6.45, 7) is 2.23. The van der Waals surface area contributed by atoms with Crippen molar-refractivity contribution in [2.75, 3.05) is 12.4 Å². The molecule has 0 N–H and O–H groups in total. The van der Waals surface area contributed by atoms with Gasteiger partial charge in [0, 0.05) is 10.2 Å². The topological polar surface area (TPSA) is 57.4 Å². The fraction of sp³-hybridized carbons (Fsp3) is 0.222. The molecular formula is C18H16BrFN2O3S. The van der Waals surface area contributed by atoms with Crippen molar-refractivity contribution >= 4 is 27.7 Å². The zero-order chi connectivity index (χ0) is 18.4. The van der Waals surface area contributed by atoms with E-state index in [0.717, 1.165) is 10.2 Å². The number of rotatable bonds is 8. The van der Waals surface area contributed by atoms with Gasteiger partial charge in [-0.3, -0.25) is 0 Å². The van der Waals surface area contributed by atoms with Crippen molar-refractivity contribution in [1.82, 2.24) is 10.2 Å². The van der Waals surface area contributed by atoms with Crippen LogP contribution in [0.25, 0.3) is 0 Å². The van der Waals surface area contributed by atoms with E-state index >= 15 is 0 Å². The van der Waals surface area contributed by atoms with Crippen LogP contribution in [0.5, 0.6) is 11.5 Å². The molecule has 0 unspecified atom stereocenters. The third-order valence-electron chi connectivity index (χ3n) is 3.30. The van der Waals surface area contributed by atoms with E-state index in [1.165, 1.54) is 17.8 Å². The van der Waals surface area contributed by atoms with Crippen LogP contribution in [-0.2, 0) is 0 Å². The van der Waals surface area contributed by atoms with Crippen LogP contribution in [0.3, 0.4) is 0 Å². The van der Waals surface area contributed by atoms with Crippen molar-refractivity contribution < 1.29 is 18.3 Å². The Labute approximate surface area is 163 Å². The standard InChI is InChI=1S/C18H16BrFN2O3S/c1-12(24-16-5-3-2-4-15(16)20)17-21-22-18(25-17)26-11-10-23-14-8-6-13(19)7-9-14/h2-9,12H,10-11H2,1H3/t12-/m1/s1. The summed E-state index contributed by atoms with van der Waals surface area (Å²) in [7, 11) is 0. The highest BCUT2D eigenvalue weighted by Gasteiger charge is 2.17. The number of para-hydroxylation sites is 1. The summed E-state index contributed by atoms with van der Waals surface area (Å²) < 4.78 is 31.3. The molecule has 1 aromatic heterocycles. The summed E-state index contributed by atoms with van der Waals surface area (Å²) in [5.41, 5.74) is 0. The Kier molecular flexibility index (Phi) is 6.51. The first-order chi connectivity index (χ1) is 12.6. The molecule has 0 aliphatic heterocycles. The second-order valence-electron chi connectivity index (χ2n) is 5.25. The van der Waals surface area contributed by atoms with E-state index in [1.54, 1.807) is 25.1 Å². The predicted octanol–water partition coefficient (Wildman–Crippen LogP) is 5.28. The van der Waals surface area contributed by atoms with Gasteiger partial charge in [-0.2, -0.15) is 0 Å². The summed E-state index contributed by atoms with van der Waals surface area (Å²) in [6, 6.07) is 13.8. The Bertz CT molecular complexity index is 844. The van der Waals surface area contributed by atoms with Gasteiger partial charge < -0.3 is 13.9 Å². The summed E-state index contributed by atoms with van der Waals surface area (Å²) in [5.74, 6) is 1.46. The SMILES string of the molecule is C[C@@H](Oc1ccccc1F)c1nnc(SCCOc2ccc(Br)cc2)o1. The lowest BCUT2D eigenvalue weighted by Crippen LogP contribution is -2.04. The van der Waals surface area contributed by atoms with Crippen LogP contribution >= 0.6 is 27.7 Å². The lowest BCUT2D eigenvalue weighted by Gasteiger charge is -2.11. The minimum Gasteiger partial charge on any atom is -0.493 e. The molecule has 0 radical (unpaired) electrons. The highest BCUT2D eigenvalue weighted by Crippen LogP contribution is 2.25. The van der Waals surface area contributed by atoms with Gasteiger partial charge in [0.25, 0.3) is 11.1 Å². The molecule has 0 spiro atoms. The maximum atomic E-state index is 13.6. The van der Waals surface area contributed by atoms with Gasteiger partial charge >= 0.3 is 0 Å². The van der Waals surface area contributed by atoms with E-state index in [1.807, 2.05) is 24.3 Å². The predicted molar refractivity (Wildman–Crippen MR) is 100 cm³/mol. The summed E-state index contributed by atoms with van der Waals surface area (Å²) in [4.78, 5) is 0. The van der Waals surface area contributed by atoms with Crippen molar-refractivity contribution in [2.45, 2.75) is 18.3 Å². The van der Waals surface area contributed by atoms with Crippen LogP contribution in [0.1, 0.15) is 18.9 Å². The minimum atomic E-state index is -0.548. The van der Waals surface area contributed by atoms with Gasteiger partial charge in [-0.05, 0) is 43.3 Å². The zero-order valence-electron chi connectivity index (χ0n) is 13.9. The smallest absolute Gasteiger partial charge is 0.276 e. The van der Waals surface area contributed by atoms with E-state index in [-0.39, 0.29) is 5.75 Å². The number of hydrogen-bond acceptors (Lipinski definition) is 6. The molecular weight excluding hydrogens is 423 g/mol. The monoisotopic (exact) mass is 438 g/mol. The lowest BCUT2D eigenvalue weighted by atomic mass is 10.3. The van der Waals surface area contributed by atoms with Crippen molar-refractivity contribution in [1.29, 1.82) is 0 Å². The maximum Gasteiger partial charge on any atom is 0.276 e. The second-order valence-corrected chi connectivity index (χ2v) is 7.21. The van der Waals surface area contributed by atoms with Crippen LogP contribution in [0.4, 0.5) is 4.39 Å². The van der Waals surface area contributed by atoms with Gasteiger partial charge in [0.1, 0.15) is 5.75 Å². The number of thioether (sulfide) groups is 1. The Morgan fingerprint density at radius 1 is 1.15 bits per heavy atom. The molecule has 0 saturated carbocycles. The highest BCUT2D eigenvalue weighted by atomic mass is 79.9. The van der Waals surface area contributed by atoms with Gasteiger partial charge in [-0.1, -0.05) is 39.8 Å². The molecule has 2 aromatic carbocycles. The van der Waals surface area contributed by atoms with Gasteiger partial charge in [0.2, 0.25) is 0 Å². The molecule has 5 nitrogen and oxygen atoms in total. The van der Waals surface area contributed by atoms with Crippen LogP contribution < -0.4 is 9.47 Å². The van der Waals surface area contributed by atoms with E-state index < -0.39 is 11.9 Å². The molecule has 0 aliphatic rings. The summed E-state index contributed by atoms with van der Waals surface area (Å²) in [6.07, 6.45) is -0.548. The van der Waals surface area contributed by atoms with Crippen LogP contribution in [0.2, 0.25) is 0 Å². The Morgan fingerprint density at radius 3 is 2.69 bits per heavy atom. The molecule has 0 aliphatic carbocycles. The van der Waals surface area contributed by atoms with Crippen LogP contribution in [-0.4, -0.2) is 22.6 Å². The average Bonchev–Trinajstić information content (AvgIpc) is 3.11. The lowest BCUT2D eigenvalue weighted by molar-refractivity contribution is 0.174. The third-order valence-corrected chi connectivity index (χ3v) is 4.61. The van der Waals surface area contributed by atoms with Crippen molar-refractivity contribution in [3.63, 3.8) is 0 Å². The van der Waals surface area contributed by atoms with E-state index in [2.05, 4.69) is 26.1 Å². The van der Waals surface area contributed by atoms with Crippen LogP contribution in [0, 0.1) is 5.82 Å². The fourth-order valence-electron chi connectivity index (χ4n) is 2.04. The van der Waals surface area contributed by atoms with Crippen molar-refractivity contribution in [3.8, 4) is 11.5 Å². The van der Waals surface area contributed by atoms with Crippen molar-refractivity contribution in [3.05, 3.63) is 64.7 Å². The maximum absolute atomic E-state index is 13.6. The van der Waals surface area contributed by atoms with Crippen LogP contribution in [0.15, 0.2) is 62.6 Å². The van der Waals surface area contributed by atoms with Gasteiger partial charge in [0.15, 0.2) is 17.7 Å². The largest absolute Gasteiger partial charge is 0.493 e. The molecule has 0 saturated heterocycles. The molecule has 0 bridgehead atoms. The molecule has 136 valence electrons. The van der Waals surface area contributed by atoms with E-state index in [0.29, 0.717) is 23.5 Å².